The molecule has 0 bridgehead atoms. The fourth-order valence-corrected chi connectivity index (χ4v) is 2.15. The maximum atomic E-state index is 13.9. The van der Waals surface area contributed by atoms with Gasteiger partial charge < -0.3 is 10.1 Å². The van der Waals surface area contributed by atoms with Crippen molar-refractivity contribution < 1.29 is 18.3 Å². The number of nitrogens with one attached hydrogen (secondary N) is 1. The molecular weight excluding hydrogens is 276 g/mol. The molecule has 0 amide bonds. The number of halogens is 2. The zero-order valence-corrected chi connectivity index (χ0v) is 12.8. The highest BCUT2D eigenvalue weighted by Crippen LogP contribution is 2.22. The van der Waals surface area contributed by atoms with E-state index in [0.717, 1.165) is 32.8 Å². The van der Waals surface area contributed by atoms with Crippen LogP contribution in [0.2, 0.25) is 0 Å². The van der Waals surface area contributed by atoms with E-state index in [1.165, 1.54) is 12.1 Å². The van der Waals surface area contributed by atoms with E-state index in [2.05, 4.69) is 23.9 Å². The van der Waals surface area contributed by atoms with Crippen LogP contribution in [0, 0.1) is 17.6 Å². The molecule has 1 N–H and O–H groups in total. The number of hydrogen-bond acceptors (Lipinski definition) is 3. The molecule has 0 aliphatic heterocycles. The van der Waals surface area contributed by atoms with Crippen molar-refractivity contribution in [3.63, 3.8) is 0 Å². The number of benzene rings is 1. The Kier molecular flexibility index (Phi) is 7.12. The SMILES string of the molecule is CCCCC(CC)CNc1ccc(C(=O)OC)c(F)c1F. The molecule has 1 atom stereocenters. The van der Waals surface area contributed by atoms with Crippen LogP contribution >= 0.6 is 0 Å². The number of unbranched alkanes of at least 4 members (excludes halogenated alkanes) is 1. The lowest BCUT2D eigenvalue weighted by molar-refractivity contribution is 0.0594. The van der Waals surface area contributed by atoms with E-state index in [-0.39, 0.29) is 5.69 Å². The van der Waals surface area contributed by atoms with Gasteiger partial charge in [0, 0.05) is 6.54 Å². The number of carbonyl (C=O) groups excluding carboxylic acids is 1. The van der Waals surface area contributed by atoms with Gasteiger partial charge in [-0.3, -0.25) is 0 Å². The third-order valence-electron chi connectivity index (χ3n) is 3.61. The second-order valence-electron chi connectivity index (χ2n) is 5.08. The van der Waals surface area contributed by atoms with Crippen LogP contribution in [0.3, 0.4) is 0 Å². The van der Waals surface area contributed by atoms with Gasteiger partial charge in [0.05, 0.1) is 18.4 Å². The summed E-state index contributed by atoms with van der Waals surface area (Å²) in [5.74, 6) is -2.67. The largest absolute Gasteiger partial charge is 0.465 e. The normalized spacial score (nSPS) is 12.0. The zero-order valence-electron chi connectivity index (χ0n) is 12.8. The van der Waals surface area contributed by atoms with Crippen molar-refractivity contribution in [2.24, 2.45) is 5.92 Å². The van der Waals surface area contributed by atoms with Gasteiger partial charge in [-0.1, -0.05) is 33.1 Å². The number of hydrogen-bond donors (Lipinski definition) is 1. The van der Waals surface area contributed by atoms with E-state index < -0.39 is 23.2 Å². The fourth-order valence-electron chi connectivity index (χ4n) is 2.15. The van der Waals surface area contributed by atoms with Crippen molar-refractivity contribution in [3.8, 4) is 0 Å². The molecule has 0 spiro atoms. The molecule has 21 heavy (non-hydrogen) atoms. The summed E-state index contributed by atoms with van der Waals surface area (Å²) in [7, 11) is 1.13. The Morgan fingerprint density at radius 2 is 2.00 bits per heavy atom. The van der Waals surface area contributed by atoms with Crippen LogP contribution in [0.15, 0.2) is 12.1 Å². The maximum Gasteiger partial charge on any atom is 0.340 e. The van der Waals surface area contributed by atoms with Crippen LogP contribution in [-0.2, 0) is 4.74 Å². The minimum atomic E-state index is -1.17. The molecule has 0 saturated heterocycles. The molecule has 118 valence electrons. The third-order valence-corrected chi connectivity index (χ3v) is 3.61. The highest BCUT2D eigenvalue weighted by atomic mass is 19.2. The maximum absolute atomic E-state index is 13.9. The minimum absolute atomic E-state index is 0.0788. The van der Waals surface area contributed by atoms with Gasteiger partial charge in [-0.25, -0.2) is 13.6 Å². The van der Waals surface area contributed by atoms with Crippen molar-refractivity contribution in [2.45, 2.75) is 39.5 Å². The highest BCUT2D eigenvalue weighted by molar-refractivity contribution is 5.90. The predicted molar refractivity (Wildman–Crippen MR) is 79.5 cm³/mol. The quantitative estimate of drug-likeness (QED) is 0.724. The Bertz CT molecular complexity index is 478. The molecule has 0 radical (unpaired) electrons. The summed E-state index contributed by atoms with van der Waals surface area (Å²) in [5, 5.41) is 2.93. The molecule has 5 heteroatoms. The van der Waals surface area contributed by atoms with Gasteiger partial charge in [0.15, 0.2) is 11.6 Å². The number of methoxy groups -OCH3 is 1. The molecule has 1 aromatic rings. The number of esters is 1. The molecule has 1 unspecified atom stereocenters. The summed E-state index contributed by atoms with van der Waals surface area (Å²) in [6.45, 7) is 4.80. The summed E-state index contributed by atoms with van der Waals surface area (Å²) in [6.07, 6.45) is 4.29. The first-order valence-electron chi connectivity index (χ1n) is 7.35. The molecule has 1 rings (SSSR count). The average molecular weight is 299 g/mol. The van der Waals surface area contributed by atoms with E-state index in [1.807, 2.05) is 0 Å². The zero-order chi connectivity index (χ0) is 15.8. The van der Waals surface area contributed by atoms with Crippen LogP contribution in [0.5, 0.6) is 0 Å². The van der Waals surface area contributed by atoms with Gasteiger partial charge in [-0.15, -0.1) is 0 Å². The van der Waals surface area contributed by atoms with Gasteiger partial charge in [-0.05, 0) is 24.5 Å². The molecule has 0 heterocycles. The monoisotopic (exact) mass is 299 g/mol. The predicted octanol–water partition coefficient (Wildman–Crippen LogP) is 4.38. The summed E-state index contributed by atoms with van der Waals surface area (Å²) in [5.41, 5.74) is -0.311. The first kappa shape index (κ1) is 17.4. The van der Waals surface area contributed by atoms with Crippen LogP contribution in [0.4, 0.5) is 14.5 Å². The lowest BCUT2D eigenvalue weighted by atomic mass is 9.99. The standard InChI is InChI=1S/C16H23F2NO2/c1-4-6-7-11(5-2)10-19-13-9-8-12(16(20)21-3)14(17)15(13)18/h8-9,11,19H,4-7,10H2,1-3H3. The smallest absolute Gasteiger partial charge is 0.340 e. The number of carbonyl (C=O) groups is 1. The molecule has 3 nitrogen and oxygen atoms in total. The van der Waals surface area contributed by atoms with Crippen LogP contribution in [-0.4, -0.2) is 19.6 Å². The summed E-state index contributed by atoms with van der Waals surface area (Å²) >= 11 is 0. The van der Waals surface area contributed by atoms with E-state index >= 15 is 0 Å². The van der Waals surface area contributed by atoms with Gasteiger partial charge in [0.25, 0.3) is 0 Å². The van der Waals surface area contributed by atoms with Crippen molar-refractivity contribution >= 4 is 11.7 Å². The lowest BCUT2D eigenvalue weighted by Crippen LogP contribution is -2.15. The van der Waals surface area contributed by atoms with Gasteiger partial charge in [-0.2, -0.15) is 0 Å². The highest BCUT2D eigenvalue weighted by Gasteiger charge is 2.19. The van der Waals surface area contributed by atoms with Crippen molar-refractivity contribution in [1.29, 1.82) is 0 Å². The summed E-state index contributed by atoms with van der Waals surface area (Å²) in [6, 6.07) is 2.61. The third kappa shape index (κ3) is 4.69. The van der Waals surface area contributed by atoms with Crippen molar-refractivity contribution in [1.82, 2.24) is 0 Å². The second-order valence-corrected chi connectivity index (χ2v) is 5.08. The first-order valence-corrected chi connectivity index (χ1v) is 7.35. The Labute approximate surface area is 124 Å². The Hall–Kier alpha value is -1.65. The molecule has 1 aromatic carbocycles. The van der Waals surface area contributed by atoms with Gasteiger partial charge >= 0.3 is 5.97 Å². The minimum Gasteiger partial charge on any atom is -0.465 e. The van der Waals surface area contributed by atoms with Crippen LogP contribution < -0.4 is 5.32 Å². The van der Waals surface area contributed by atoms with Gasteiger partial charge in [0.1, 0.15) is 0 Å². The summed E-state index contributed by atoms with van der Waals surface area (Å²) < 4.78 is 32.1. The van der Waals surface area contributed by atoms with Crippen LogP contribution in [0.25, 0.3) is 0 Å². The van der Waals surface area contributed by atoms with Gasteiger partial charge in [0.2, 0.25) is 0 Å². The molecule has 0 aromatic heterocycles. The number of ether oxygens (including phenoxy) is 1. The first-order chi connectivity index (χ1) is 10.0. The summed E-state index contributed by atoms with van der Waals surface area (Å²) in [4.78, 5) is 11.3. The van der Waals surface area contributed by atoms with Crippen LogP contribution in [0.1, 0.15) is 49.9 Å². The Balaban J connectivity index is 2.76. The van der Waals surface area contributed by atoms with Crippen molar-refractivity contribution in [2.75, 3.05) is 19.0 Å². The molecule has 0 saturated carbocycles. The van der Waals surface area contributed by atoms with Crippen molar-refractivity contribution in [3.05, 3.63) is 29.3 Å². The second kappa shape index (κ2) is 8.60. The van der Waals surface area contributed by atoms with E-state index in [9.17, 15) is 13.6 Å². The van der Waals surface area contributed by atoms with E-state index in [1.54, 1.807) is 0 Å². The van der Waals surface area contributed by atoms with E-state index in [0.29, 0.717) is 12.5 Å². The average Bonchev–Trinajstić information content (AvgIpc) is 2.50. The molecular formula is C16H23F2NO2. The fraction of sp³-hybridized carbons (Fsp3) is 0.562. The number of rotatable bonds is 8. The Morgan fingerprint density at radius 1 is 1.29 bits per heavy atom. The molecule has 0 aliphatic rings. The molecule has 0 fully saturated rings. The topological polar surface area (TPSA) is 38.3 Å². The van der Waals surface area contributed by atoms with E-state index in [4.69, 9.17) is 0 Å². The Morgan fingerprint density at radius 3 is 2.57 bits per heavy atom. The lowest BCUT2D eigenvalue weighted by Gasteiger charge is -2.17. The molecule has 0 aliphatic carbocycles. The number of anilines is 1.